The molecule has 17 heavy (non-hydrogen) atoms. The minimum atomic E-state index is -0.638. The Bertz CT molecular complexity index is 313. The van der Waals surface area contributed by atoms with Gasteiger partial charge in [-0.2, -0.15) is 0 Å². The fourth-order valence-corrected chi connectivity index (χ4v) is 3.53. The van der Waals surface area contributed by atoms with E-state index in [0.717, 1.165) is 25.3 Å². The van der Waals surface area contributed by atoms with Gasteiger partial charge in [-0.3, -0.25) is 4.79 Å². The van der Waals surface area contributed by atoms with Gasteiger partial charge < -0.3 is 15.3 Å². The molecule has 0 radical (unpaired) electrons. The second-order valence-corrected chi connectivity index (χ2v) is 6.17. The van der Waals surface area contributed by atoms with Crippen molar-refractivity contribution in [1.29, 1.82) is 0 Å². The zero-order valence-electron chi connectivity index (χ0n) is 10.5. The van der Waals surface area contributed by atoms with Crippen molar-refractivity contribution < 1.29 is 9.90 Å². The van der Waals surface area contributed by atoms with Crippen LogP contribution in [0.1, 0.15) is 38.5 Å². The van der Waals surface area contributed by atoms with Crippen molar-refractivity contribution in [2.45, 2.75) is 56.1 Å². The lowest BCUT2D eigenvalue weighted by Gasteiger charge is -2.43. The predicted octanol–water partition coefficient (Wildman–Crippen LogP) is 1.07. The first kappa shape index (κ1) is 11.5. The van der Waals surface area contributed by atoms with E-state index >= 15 is 0 Å². The molecule has 4 heteroatoms. The summed E-state index contributed by atoms with van der Waals surface area (Å²) >= 11 is 0. The summed E-state index contributed by atoms with van der Waals surface area (Å²) in [6.07, 6.45) is 6.44. The highest BCUT2D eigenvalue weighted by Gasteiger charge is 2.51. The molecule has 3 aliphatic rings. The minimum absolute atomic E-state index is 0.469. The van der Waals surface area contributed by atoms with Crippen LogP contribution in [0.4, 0.5) is 0 Å². The molecule has 0 aromatic carbocycles. The number of carboxylic acids is 1. The van der Waals surface area contributed by atoms with Crippen LogP contribution in [0.5, 0.6) is 0 Å². The van der Waals surface area contributed by atoms with E-state index < -0.39 is 11.5 Å². The lowest BCUT2D eigenvalue weighted by atomic mass is 9.83. The molecule has 2 saturated heterocycles. The van der Waals surface area contributed by atoms with Crippen LogP contribution in [0.15, 0.2) is 0 Å². The van der Waals surface area contributed by atoms with Crippen LogP contribution in [0.3, 0.4) is 0 Å². The number of piperidine rings is 1. The molecule has 0 aromatic rings. The third-order valence-corrected chi connectivity index (χ3v) is 4.99. The Morgan fingerprint density at radius 3 is 2.35 bits per heavy atom. The summed E-state index contributed by atoms with van der Waals surface area (Å²) in [5.74, 6) is 0.103. The summed E-state index contributed by atoms with van der Waals surface area (Å²) in [6.45, 7) is 0.898. The first-order valence-corrected chi connectivity index (χ1v) is 6.81. The normalized spacial score (nSPS) is 41.7. The Labute approximate surface area is 102 Å². The van der Waals surface area contributed by atoms with Gasteiger partial charge in [0.15, 0.2) is 0 Å². The predicted molar refractivity (Wildman–Crippen MR) is 64.9 cm³/mol. The van der Waals surface area contributed by atoms with Crippen molar-refractivity contribution in [2.24, 2.45) is 5.92 Å². The van der Waals surface area contributed by atoms with Crippen molar-refractivity contribution in [2.75, 3.05) is 13.6 Å². The molecule has 2 unspecified atom stereocenters. The molecule has 0 aromatic heterocycles. The fraction of sp³-hybridized carbons (Fsp3) is 0.923. The summed E-state index contributed by atoms with van der Waals surface area (Å²) in [7, 11) is 2.15. The zero-order chi connectivity index (χ0) is 12.0. The van der Waals surface area contributed by atoms with Gasteiger partial charge in [0.25, 0.3) is 0 Å². The molecule has 2 aliphatic heterocycles. The van der Waals surface area contributed by atoms with E-state index in [1.54, 1.807) is 0 Å². The van der Waals surface area contributed by atoms with E-state index in [2.05, 4.69) is 17.3 Å². The quantitative estimate of drug-likeness (QED) is 0.769. The van der Waals surface area contributed by atoms with Gasteiger partial charge in [0.05, 0.1) is 0 Å². The van der Waals surface area contributed by atoms with Crippen LogP contribution < -0.4 is 5.32 Å². The van der Waals surface area contributed by atoms with Gasteiger partial charge >= 0.3 is 5.97 Å². The standard InChI is InChI=1S/C13H22N2O2/c1-15-10-4-5-11(15)7-13(6-10,12(16)17)14-8-9-2-3-9/h9-11,14H,2-8H2,1H3,(H,16,17). The Kier molecular flexibility index (Phi) is 2.67. The highest BCUT2D eigenvalue weighted by Crippen LogP contribution is 2.40. The van der Waals surface area contributed by atoms with Crippen molar-refractivity contribution in [3.63, 3.8) is 0 Å². The van der Waals surface area contributed by atoms with Crippen LogP contribution in [0, 0.1) is 5.92 Å². The lowest BCUT2D eigenvalue weighted by molar-refractivity contribution is -0.148. The molecule has 3 fully saturated rings. The number of hydrogen-bond donors (Lipinski definition) is 2. The number of hydrogen-bond acceptors (Lipinski definition) is 3. The molecule has 2 bridgehead atoms. The molecule has 1 aliphatic carbocycles. The average molecular weight is 238 g/mol. The topological polar surface area (TPSA) is 52.6 Å². The minimum Gasteiger partial charge on any atom is -0.480 e. The van der Waals surface area contributed by atoms with E-state index in [4.69, 9.17) is 0 Å². The van der Waals surface area contributed by atoms with Gasteiger partial charge in [0.1, 0.15) is 5.54 Å². The molecule has 0 spiro atoms. The van der Waals surface area contributed by atoms with Gasteiger partial charge in [0, 0.05) is 12.1 Å². The van der Waals surface area contributed by atoms with Gasteiger partial charge in [-0.15, -0.1) is 0 Å². The van der Waals surface area contributed by atoms with Crippen LogP contribution in [-0.2, 0) is 4.79 Å². The number of rotatable bonds is 4. The van der Waals surface area contributed by atoms with E-state index in [1.807, 2.05) is 0 Å². The first-order valence-electron chi connectivity index (χ1n) is 6.81. The first-order chi connectivity index (χ1) is 8.11. The summed E-state index contributed by atoms with van der Waals surface area (Å²) in [5, 5.41) is 13.0. The molecule has 96 valence electrons. The Balaban J connectivity index is 1.73. The maximum absolute atomic E-state index is 11.7. The number of nitrogens with zero attached hydrogens (tertiary/aromatic N) is 1. The van der Waals surface area contributed by atoms with Crippen molar-refractivity contribution in [1.82, 2.24) is 10.2 Å². The summed E-state index contributed by atoms with van der Waals surface area (Å²) < 4.78 is 0. The van der Waals surface area contributed by atoms with Crippen LogP contribution in [0.2, 0.25) is 0 Å². The van der Waals surface area contributed by atoms with Gasteiger partial charge in [-0.05, 0) is 58.0 Å². The fourth-order valence-electron chi connectivity index (χ4n) is 3.53. The lowest BCUT2D eigenvalue weighted by Crippen LogP contribution is -2.61. The van der Waals surface area contributed by atoms with E-state index in [1.165, 1.54) is 25.7 Å². The summed E-state index contributed by atoms with van der Waals surface area (Å²) in [5.41, 5.74) is -0.638. The van der Waals surface area contributed by atoms with E-state index in [-0.39, 0.29) is 0 Å². The third kappa shape index (κ3) is 1.97. The van der Waals surface area contributed by atoms with Crippen molar-refractivity contribution in [3.05, 3.63) is 0 Å². The summed E-state index contributed by atoms with van der Waals surface area (Å²) in [6, 6.07) is 0.938. The van der Waals surface area contributed by atoms with Crippen LogP contribution in [0.25, 0.3) is 0 Å². The Morgan fingerprint density at radius 2 is 1.88 bits per heavy atom. The maximum Gasteiger partial charge on any atom is 0.324 e. The number of aliphatic carboxylic acids is 1. The monoisotopic (exact) mass is 238 g/mol. The third-order valence-electron chi connectivity index (χ3n) is 4.99. The van der Waals surface area contributed by atoms with Crippen molar-refractivity contribution in [3.8, 4) is 0 Å². The van der Waals surface area contributed by atoms with E-state index in [0.29, 0.717) is 12.1 Å². The smallest absolute Gasteiger partial charge is 0.324 e. The Morgan fingerprint density at radius 1 is 1.29 bits per heavy atom. The number of carbonyl (C=O) groups is 1. The van der Waals surface area contributed by atoms with Gasteiger partial charge in [-0.1, -0.05) is 0 Å². The molecule has 0 amide bonds. The van der Waals surface area contributed by atoms with E-state index in [9.17, 15) is 9.90 Å². The SMILES string of the molecule is CN1C2CCC1CC(NCC1CC1)(C(=O)O)C2. The Hall–Kier alpha value is -0.610. The second-order valence-electron chi connectivity index (χ2n) is 6.17. The number of carboxylic acid groups (broad SMARTS) is 1. The second kappa shape index (κ2) is 3.95. The molecular formula is C13H22N2O2. The molecule has 3 rings (SSSR count). The molecule has 2 heterocycles. The molecule has 4 nitrogen and oxygen atoms in total. The molecule has 2 atom stereocenters. The molecular weight excluding hydrogens is 216 g/mol. The average Bonchev–Trinajstić information content (AvgIpc) is 3.08. The maximum atomic E-state index is 11.7. The van der Waals surface area contributed by atoms with Crippen molar-refractivity contribution >= 4 is 5.97 Å². The van der Waals surface area contributed by atoms with Crippen LogP contribution >= 0.6 is 0 Å². The number of fused-ring (bicyclic) bond motifs is 2. The number of nitrogens with one attached hydrogen (secondary N) is 1. The zero-order valence-corrected chi connectivity index (χ0v) is 10.5. The van der Waals surface area contributed by atoms with Gasteiger partial charge in [-0.25, -0.2) is 0 Å². The highest BCUT2D eigenvalue weighted by atomic mass is 16.4. The largest absolute Gasteiger partial charge is 0.480 e. The van der Waals surface area contributed by atoms with Crippen LogP contribution in [-0.4, -0.2) is 47.2 Å². The molecule has 1 saturated carbocycles. The molecule has 2 N–H and O–H groups in total. The summed E-state index contributed by atoms with van der Waals surface area (Å²) in [4.78, 5) is 14.0. The van der Waals surface area contributed by atoms with Gasteiger partial charge in [0.2, 0.25) is 0 Å². The highest BCUT2D eigenvalue weighted by molar-refractivity contribution is 5.79.